The lowest BCUT2D eigenvalue weighted by atomic mass is 9.91. The van der Waals surface area contributed by atoms with E-state index in [2.05, 4.69) is 10.2 Å². The topological polar surface area (TPSA) is 59.2 Å². The number of carbonyl (C=O) groups is 1. The molecule has 1 aliphatic carbocycles. The Kier molecular flexibility index (Phi) is 3.96. The highest BCUT2D eigenvalue weighted by atomic mass is 19.3. The van der Waals surface area contributed by atoms with Crippen LogP contribution < -0.4 is 0 Å². The van der Waals surface area contributed by atoms with Crippen LogP contribution in [0.25, 0.3) is 11.5 Å². The third kappa shape index (κ3) is 2.95. The maximum Gasteiger partial charge on any atom is 0.314 e. The molecule has 0 spiro atoms. The van der Waals surface area contributed by atoms with Gasteiger partial charge < -0.3 is 9.32 Å². The predicted octanol–water partition coefficient (Wildman–Crippen LogP) is 4.21. The van der Waals surface area contributed by atoms with E-state index < -0.39 is 24.3 Å². The van der Waals surface area contributed by atoms with Crippen LogP contribution in [0.2, 0.25) is 0 Å². The summed E-state index contributed by atoms with van der Waals surface area (Å²) in [5.41, 5.74) is 1.40. The zero-order valence-corrected chi connectivity index (χ0v) is 13.6. The highest BCUT2D eigenvalue weighted by Crippen LogP contribution is 2.39. The van der Waals surface area contributed by atoms with Gasteiger partial charge in [0.15, 0.2) is 0 Å². The van der Waals surface area contributed by atoms with Gasteiger partial charge in [0.25, 0.3) is 11.8 Å². The summed E-state index contributed by atoms with van der Waals surface area (Å²) in [6.45, 7) is 0.265. The number of hydrogen-bond donors (Lipinski definition) is 0. The van der Waals surface area contributed by atoms with E-state index in [0.29, 0.717) is 29.5 Å². The Morgan fingerprint density at radius 2 is 2.08 bits per heavy atom. The Balaban J connectivity index is 1.59. The van der Waals surface area contributed by atoms with Gasteiger partial charge in [0.2, 0.25) is 11.8 Å². The fourth-order valence-electron chi connectivity index (χ4n) is 3.60. The van der Waals surface area contributed by atoms with Gasteiger partial charge in [-0.1, -0.05) is 6.07 Å². The largest absolute Gasteiger partial charge is 0.415 e. The molecule has 1 amide bonds. The lowest BCUT2D eigenvalue weighted by Gasteiger charge is -2.35. The summed E-state index contributed by atoms with van der Waals surface area (Å²) in [6, 6.07) is 4.24. The Morgan fingerprint density at radius 1 is 1.27 bits per heavy atom. The van der Waals surface area contributed by atoms with E-state index in [-0.39, 0.29) is 31.2 Å². The average Bonchev–Trinajstić information content (AvgIpc) is 3.19. The molecule has 0 bridgehead atoms. The summed E-state index contributed by atoms with van der Waals surface area (Å²) in [4.78, 5) is 14.2. The van der Waals surface area contributed by atoms with Crippen molar-refractivity contribution in [3.8, 4) is 11.5 Å². The number of nitrogens with zero attached hydrogens (tertiary/aromatic N) is 3. The summed E-state index contributed by atoms with van der Waals surface area (Å²) < 4.78 is 57.4. The Hall–Kier alpha value is -2.45. The van der Waals surface area contributed by atoms with Crippen LogP contribution in [0.15, 0.2) is 22.6 Å². The van der Waals surface area contributed by atoms with Gasteiger partial charge in [0, 0.05) is 36.6 Å². The number of amides is 1. The smallest absolute Gasteiger partial charge is 0.314 e. The number of carbonyl (C=O) groups excluding carboxylic acids is 1. The molecule has 2 aromatic rings. The number of hydrogen-bond acceptors (Lipinski definition) is 4. The molecule has 5 nitrogen and oxygen atoms in total. The van der Waals surface area contributed by atoms with Crippen molar-refractivity contribution in [2.75, 3.05) is 0 Å². The van der Waals surface area contributed by atoms with Crippen molar-refractivity contribution in [1.82, 2.24) is 15.1 Å². The van der Waals surface area contributed by atoms with Crippen LogP contribution >= 0.6 is 0 Å². The first-order valence-corrected chi connectivity index (χ1v) is 8.28. The van der Waals surface area contributed by atoms with Crippen LogP contribution in [-0.2, 0) is 6.54 Å². The third-order valence-corrected chi connectivity index (χ3v) is 4.87. The van der Waals surface area contributed by atoms with Crippen LogP contribution in [0.3, 0.4) is 0 Å². The van der Waals surface area contributed by atoms with E-state index in [1.54, 1.807) is 12.1 Å². The number of alkyl halides is 4. The van der Waals surface area contributed by atoms with Gasteiger partial charge in [-0.25, -0.2) is 8.78 Å². The lowest BCUT2D eigenvalue weighted by Crippen LogP contribution is -2.42. The molecule has 1 aliphatic heterocycles. The van der Waals surface area contributed by atoms with Crippen molar-refractivity contribution >= 4 is 5.91 Å². The van der Waals surface area contributed by atoms with Crippen molar-refractivity contribution in [3.05, 3.63) is 35.2 Å². The van der Waals surface area contributed by atoms with E-state index in [9.17, 15) is 22.4 Å². The van der Waals surface area contributed by atoms with E-state index in [4.69, 9.17) is 4.42 Å². The molecule has 1 fully saturated rings. The molecule has 1 aromatic carbocycles. The van der Waals surface area contributed by atoms with Gasteiger partial charge in [0.05, 0.1) is 0 Å². The molecule has 0 radical (unpaired) electrons. The fourth-order valence-corrected chi connectivity index (χ4v) is 3.60. The number of fused-ring (bicyclic) bond motifs is 1. The molecule has 2 aliphatic rings. The summed E-state index contributed by atoms with van der Waals surface area (Å²) in [5, 5.41) is 6.83. The average molecular weight is 369 g/mol. The molecule has 1 aromatic heterocycles. The molecule has 1 saturated carbocycles. The lowest BCUT2D eigenvalue weighted by molar-refractivity contribution is -0.0590. The second kappa shape index (κ2) is 6.07. The van der Waals surface area contributed by atoms with Gasteiger partial charge in [-0.3, -0.25) is 4.79 Å². The normalized spacial score (nSPS) is 22.1. The Labute approximate surface area is 146 Å². The Bertz CT molecular complexity index is 852. The number of benzene rings is 1. The zero-order chi connectivity index (χ0) is 18.5. The number of halogens is 4. The first-order chi connectivity index (χ1) is 12.3. The quantitative estimate of drug-likeness (QED) is 0.761. The summed E-state index contributed by atoms with van der Waals surface area (Å²) in [6.07, 6.45) is -2.44. The van der Waals surface area contributed by atoms with Crippen LogP contribution in [0.4, 0.5) is 17.6 Å². The van der Waals surface area contributed by atoms with Gasteiger partial charge in [0.1, 0.15) is 0 Å². The minimum absolute atomic E-state index is 0.112. The van der Waals surface area contributed by atoms with Crippen molar-refractivity contribution < 1.29 is 26.8 Å². The Morgan fingerprint density at radius 3 is 2.77 bits per heavy atom. The molecule has 2 heterocycles. The maximum atomic E-state index is 13.7. The van der Waals surface area contributed by atoms with Crippen LogP contribution in [0.5, 0.6) is 0 Å². The molecule has 4 rings (SSSR count). The van der Waals surface area contributed by atoms with Crippen LogP contribution in [0, 0.1) is 0 Å². The predicted molar refractivity (Wildman–Crippen MR) is 81.8 cm³/mol. The SMILES string of the molecule is O=C1c2cc(-c3nnc(C(F)F)o3)ccc2CN1[C@@H]1CCCC(F)(F)C1. The van der Waals surface area contributed by atoms with Gasteiger partial charge in [-0.2, -0.15) is 8.78 Å². The first-order valence-electron chi connectivity index (χ1n) is 8.28. The first kappa shape index (κ1) is 17.0. The molecular formula is C17H15F4N3O2. The molecule has 0 unspecified atom stereocenters. The monoisotopic (exact) mass is 369 g/mol. The highest BCUT2D eigenvalue weighted by Gasteiger charge is 2.42. The van der Waals surface area contributed by atoms with Gasteiger partial charge in [-0.05, 0) is 30.5 Å². The summed E-state index contributed by atoms with van der Waals surface area (Å²) in [5.74, 6) is -3.99. The molecule has 9 heteroatoms. The van der Waals surface area contributed by atoms with Crippen molar-refractivity contribution in [1.29, 1.82) is 0 Å². The van der Waals surface area contributed by atoms with Gasteiger partial charge >= 0.3 is 6.43 Å². The number of rotatable bonds is 3. The zero-order valence-electron chi connectivity index (χ0n) is 13.6. The van der Waals surface area contributed by atoms with Crippen molar-refractivity contribution in [2.24, 2.45) is 0 Å². The second-order valence-electron chi connectivity index (χ2n) is 6.66. The highest BCUT2D eigenvalue weighted by molar-refractivity contribution is 5.99. The van der Waals surface area contributed by atoms with E-state index in [0.717, 1.165) is 0 Å². The van der Waals surface area contributed by atoms with E-state index in [1.807, 2.05) is 0 Å². The minimum Gasteiger partial charge on any atom is -0.415 e. The summed E-state index contributed by atoms with van der Waals surface area (Å²) in [7, 11) is 0. The van der Waals surface area contributed by atoms with E-state index in [1.165, 1.54) is 11.0 Å². The second-order valence-corrected chi connectivity index (χ2v) is 6.66. The maximum absolute atomic E-state index is 13.7. The number of aromatic nitrogens is 2. The van der Waals surface area contributed by atoms with Gasteiger partial charge in [-0.15, -0.1) is 10.2 Å². The van der Waals surface area contributed by atoms with E-state index >= 15 is 0 Å². The van der Waals surface area contributed by atoms with Crippen molar-refractivity contribution in [3.63, 3.8) is 0 Å². The molecule has 138 valence electrons. The standard InChI is InChI=1S/C17H15F4N3O2/c18-13(19)15-23-22-14(26-15)9-3-4-10-8-24(16(25)12(10)6-9)11-2-1-5-17(20,21)7-11/h3-4,6,11,13H,1-2,5,7-8H2/t11-/m1/s1. The van der Waals surface area contributed by atoms with Crippen LogP contribution in [-0.4, -0.2) is 33.0 Å². The molecule has 1 atom stereocenters. The third-order valence-electron chi connectivity index (χ3n) is 4.87. The van der Waals surface area contributed by atoms with Crippen LogP contribution in [0.1, 0.15) is 53.9 Å². The molecular weight excluding hydrogens is 354 g/mol. The minimum atomic E-state index is -2.88. The molecule has 0 N–H and O–H groups in total. The van der Waals surface area contributed by atoms with Crippen molar-refractivity contribution in [2.45, 2.75) is 50.6 Å². The molecule has 0 saturated heterocycles. The molecule has 26 heavy (non-hydrogen) atoms. The summed E-state index contributed by atoms with van der Waals surface area (Å²) >= 11 is 0. The fraction of sp³-hybridized carbons (Fsp3) is 0.471.